The van der Waals surface area contributed by atoms with E-state index in [9.17, 15) is 0 Å². The molecule has 1 saturated heterocycles. The summed E-state index contributed by atoms with van der Waals surface area (Å²) in [6, 6.07) is 0. The van der Waals surface area contributed by atoms with Crippen molar-refractivity contribution in [2.45, 2.75) is 38.3 Å². The van der Waals surface area contributed by atoms with E-state index in [1.807, 2.05) is 7.05 Å². The Morgan fingerprint density at radius 3 is 2.93 bits per heavy atom. The van der Waals surface area contributed by atoms with Gasteiger partial charge in [0.25, 0.3) is 0 Å². The first-order chi connectivity index (χ1) is 7.38. The number of hydrogen-bond acceptors (Lipinski definition) is 5. The van der Waals surface area contributed by atoms with Crippen molar-refractivity contribution in [3.05, 3.63) is 11.8 Å². The van der Waals surface area contributed by atoms with Crippen LogP contribution in [0.1, 0.15) is 31.0 Å². The molecule has 0 radical (unpaired) electrons. The predicted octanol–water partition coefficient (Wildman–Crippen LogP) is 0.901. The second kappa shape index (κ2) is 5.23. The summed E-state index contributed by atoms with van der Waals surface area (Å²) in [7, 11) is 1.86. The summed E-state index contributed by atoms with van der Waals surface area (Å²) >= 11 is 0. The van der Waals surface area contributed by atoms with Gasteiger partial charge in [0.1, 0.15) is 0 Å². The monoisotopic (exact) mass is 211 g/mol. The van der Waals surface area contributed by atoms with Crippen LogP contribution in [0.3, 0.4) is 0 Å². The molecule has 1 aliphatic rings. The van der Waals surface area contributed by atoms with E-state index in [1.165, 1.54) is 12.8 Å². The second-order valence-electron chi connectivity index (χ2n) is 3.81. The summed E-state index contributed by atoms with van der Waals surface area (Å²) in [4.78, 5) is 0. The minimum atomic E-state index is 0.265. The predicted molar refractivity (Wildman–Crippen MR) is 54.4 cm³/mol. The van der Waals surface area contributed by atoms with Gasteiger partial charge in [-0.05, 0) is 26.3 Å². The zero-order valence-electron chi connectivity index (χ0n) is 9.03. The van der Waals surface area contributed by atoms with Crippen molar-refractivity contribution >= 4 is 0 Å². The summed E-state index contributed by atoms with van der Waals surface area (Å²) in [6.45, 7) is 1.49. The standard InChI is InChI=1S/C10H17N3O2/c1-11-7-10-13-12-9(15-10)6-8-4-2-3-5-14-8/h8,11H,2-7H2,1H3. The highest BCUT2D eigenvalue weighted by molar-refractivity contribution is 4.85. The highest BCUT2D eigenvalue weighted by Gasteiger charge is 2.17. The van der Waals surface area contributed by atoms with Crippen molar-refractivity contribution in [3.8, 4) is 0 Å². The van der Waals surface area contributed by atoms with Crippen molar-refractivity contribution < 1.29 is 9.15 Å². The highest BCUT2D eigenvalue weighted by Crippen LogP contribution is 2.16. The van der Waals surface area contributed by atoms with Gasteiger partial charge >= 0.3 is 0 Å². The van der Waals surface area contributed by atoms with Crippen molar-refractivity contribution in [1.82, 2.24) is 15.5 Å². The lowest BCUT2D eigenvalue weighted by molar-refractivity contribution is 0.0130. The van der Waals surface area contributed by atoms with Crippen LogP contribution in [0.5, 0.6) is 0 Å². The lowest BCUT2D eigenvalue weighted by Gasteiger charge is -2.20. The van der Waals surface area contributed by atoms with Gasteiger partial charge in [-0.2, -0.15) is 0 Å². The summed E-state index contributed by atoms with van der Waals surface area (Å²) in [5.41, 5.74) is 0. The van der Waals surface area contributed by atoms with Gasteiger partial charge in [-0.25, -0.2) is 0 Å². The molecule has 1 aromatic heterocycles. The Morgan fingerprint density at radius 1 is 1.33 bits per heavy atom. The Morgan fingerprint density at radius 2 is 2.20 bits per heavy atom. The molecule has 0 saturated carbocycles. The van der Waals surface area contributed by atoms with Gasteiger partial charge in [0.05, 0.1) is 19.1 Å². The quantitative estimate of drug-likeness (QED) is 0.801. The maximum Gasteiger partial charge on any atom is 0.230 e. The SMILES string of the molecule is CNCc1nnc(CC2CCCCO2)o1. The molecular formula is C10H17N3O2. The number of nitrogens with one attached hydrogen (secondary N) is 1. The Labute approximate surface area is 89.2 Å². The van der Waals surface area contributed by atoms with E-state index in [4.69, 9.17) is 9.15 Å². The third-order valence-electron chi connectivity index (χ3n) is 2.51. The summed E-state index contributed by atoms with van der Waals surface area (Å²) in [5.74, 6) is 1.33. The summed E-state index contributed by atoms with van der Waals surface area (Å²) in [5, 5.41) is 10.9. The Balaban J connectivity index is 1.86. The van der Waals surface area contributed by atoms with E-state index in [0.29, 0.717) is 18.3 Å². The molecule has 2 rings (SSSR count). The first kappa shape index (κ1) is 10.6. The molecule has 84 valence electrons. The molecule has 15 heavy (non-hydrogen) atoms. The molecule has 0 aliphatic carbocycles. The number of nitrogens with zero attached hydrogens (tertiary/aromatic N) is 2. The van der Waals surface area contributed by atoms with Gasteiger partial charge in [-0.15, -0.1) is 10.2 Å². The molecular weight excluding hydrogens is 194 g/mol. The maximum atomic E-state index is 5.61. The normalized spacial score (nSPS) is 21.8. The van der Waals surface area contributed by atoms with E-state index in [0.717, 1.165) is 19.4 Å². The number of hydrogen-bond donors (Lipinski definition) is 1. The lowest BCUT2D eigenvalue weighted by Crippen LogP contribution is -2.21. The van der Waals surface area contributed by atoms with Crippen molar-refractivity contribution in [2.24, 2.45) is 0 Å². The fraction of sp³-hybridized carbons (Fsp3) is 0.800. The van der Waals surface area contributed by atoms with Crippen LogP contribution in [0.15, 0.2) is 4.42 Å². The Kier molecular flexibility index (Phi) is 3.69. The second-order valence-corrected chi connectivity index (χ2v) is 3.81. The molecule has 0 bridgehead atoms. The Hall–Kier alpha value is -0.940. The van der Waals surface area contributed by atoms with E-state index in [-0.39, 0.29) is 6.10 Å². The van der Waals surface area contributed by atoms with Gasteiger partial charge in [0.15, 0.2) is 0 Å². The van der Waals surface area contributed by atoms with Crippen LogP contribution in [0.4, 0.5) is 0 Å². The molecule has 1 aromatic rings. The first-order valence-electron chi connectivity index (χ1n) is 5.46. The molecule has 0 aromatic carbocycles. The largest absolute Gasteiger partial charge is 0.424 e. The van der Waals surface area contributed by atoms with Crippen LogP contribution in [-0.4, -0.2) is 30.0 Å². The van der Waals surface area contributed by atoms with Crippen LogP contribution in [0.2, 0.25) is 0 Å². The van der Waals surface area contributed by atoms with Crippen LogP contribution in [-0.2, 0) is 17.7 Å². The number of aromatic nitrogens is 2. The van der Waals surface area contributed by atoms with Crippen LogP contribution >= 0.6 is 0 Å². The smallest absolute Gasteiger partial charge is 0.230 e. The van der Waals surface area contributed by atoms with Gasteiger partial charge < -0.3 is 14.5 Å². The number of rotatable bonds is 4. The van der Waals surface area contributed by atoms with Gasteiger partial charge in [0.2, 0.25) is 11.8 Å². The molecule has 1 fully saturated rings. The molecule has 1 N–H and O–H groups in total. The minimum Gasteiger partial charge on any atom is -0.424 e. The molecule has 1 atom stereocenters. The maximum absolute atomic E-state index is 5.61. The minimum absolute atomic E-state index is 0.265. The molecule has 1 aliphatic heterocycles. The van der Waals surface area contributed by atoms with Crippen LogP contribution in [0, 0.1) is 0 Å². The van der Waals surface area contributed by atoms with E-state index in [2.05, 4.69) is 15.5 Å². The molecule has 2 heterocycles. The van der Waals surface area contributed by atoms with E-state index < -0.39 is 0 Å². The highest BCUT2D eigenvalue weighted by atomic mass is 16.5. The van der Waals surface area contributed by atoms with Gasteiger partial charge in [0, 0.05) is 6.61 Å². The molecule has 0 spiro atoms. The van der Waals surface area contributed by atoms with Gasteiger partial charge in [-0.1, -0.05) is 0 Å². The van der Waals surface area contributed by atoms with E-state index in [1.54, 1.807) is 0 Å². The number of ether oxygens (including phenoxy) is 1. The molecule has 1 unspecified atom stereocenters. The van der Waals surface area contributed by atoms with E-state index >= 15 is 0 Å². The zero-order chi connectivity index (χ0) is 10.5. The first-order valence-corrected chi connectivity index (χ1v) is 5.46. The summed E-state index contributed by atoms with van der Waals surface area (Å²) in [6.07, 6.45) is 4.52. The Bertz CT molecular complexity index is 295. The average molecular weight is 211 g/mol. The molecule has 0 amide bonds. The van der Waals surface area contributed by atoms with Gasteiger partial charge in [-0.3, -0.25) is 0 Å². The average Bonchev–Trinajstić information content (AvgIpc) is 2.68. The zero-order valence-corrected chi connectivity index (χ0v) is 9.03. The third kappa shape index (κ3) is 3.00. The molecule has 5 heteroatoms. The summed E-state index contributed by atoms with van der Waals surface area (Å²) < 4.78 is 11.1. The van der Waals surface area contributed by atoms with Crippen LogP contribution < -0.4 is 5.32 Å². The van der Waals surface area contributed by atoms with Crippen molar-refractivity contribution in [3.63, 3.8) is 0 Å². The topological polar surface area (TPSA) is 60.2 Å². The lowest BCUT2D eigenvalue weighted by atomic mass is 10.1. The molecule has 5 nitrogen and oxygen atoms in total. The third-order valence-corrected chi connectivity index (χ3v) is 2.51. The fourth-order valence-corrected chi connectivity index (χ4v) is 1.76. The van der Waals surface area contributed by atoms with Crippen molar-refractivity contribution in [2.75, 3.05) is 13.7 Å². The van der Waals surface area contributed by atoms with Crippen molar-refractivity contribution in [1.29, 1.82) is 0 Å². The van der Waals surface area contributed by atoms with Crippen LogP contribution in [0.25, 0.3) is 0 Å². The fourth-order valence-electron chi connectivity index (χ4n) is 1.76.